The van der Waals surface area contributed by atoms with Gasteiger partial charge in [0, 0.05) is 19.0 Å². The van der Waals surface area contributed by atoms with Crippen molar-refractivity contribution in [2.75, 3.05) is 26.7 Å². The Labute approximate surface area is 80.0 Å². The number of hydrogen-bond donors (Lipinski definition) is 2. The molecule has 0 aliphatic carbocycles. The predicted molar refractivity (Wildman–Crippen MR) is 52.7 cm³/mol. The fraction of sp³-hybridized carbons (Fsp3) is 0.889. The highest BCUT2D eigenvalue weighted by Gasteiger charge is 2.19. The first-order valence-corrected chi connectivity index (χ1v) is 4.57. The molecule has 1 amide bonds. The molecular weight excluding hydrogens is 168 g/mol. The van der Waals surface area contributed by atoms with Gasteiger partial charge in [0.25, 0.3) is 0 Å². The van der Waals surface area contributed by atoms with E-state index in [1.165, 1.54) is 0 Å². The molecule has 4 heteroatoms. The number of hydrogen-bond acceptors (Lipinski definition) is 3. The van der Waals surface area contributed by atoms with E-state index in [0.717, 1.165) is 13.1 Å². The van der Waals surface area contributed by atoms with Gasteiger partial charge >= 0.3 is 6.09 Å². The third-order valence-corrected chi connectivity index (χ3v) is 1.65. The van der Waals surface area contributed by atoms with Gasteiger partial charge in [0.15, 0.2) is 0 Å². The van der Waals surface area contributed by atoms with Crippen LogP contribution < -0.4 is 10.6 Å². The highest BCUT2D eigenvalue weighted by Crippen LogP contribution is 2.13. The van der Waals surface area contributed by atoms with E-state index in [1.54, 1.807) is 7.05 Å². The highest BCUT2D eigenvalue weighted by molar-refractivity contribution is 5.66. The number of nitrogens with one attached hydrogen (secondary N) is 2. The molecular formula is C9H20N2O2. The van der Waals surface area contributed by atoms with Crippen LogP contribution in [0.2, 0.25) is 0 Å². The van der Waals surface area contributed by atoms with E-state index < -0.39 is 0 Å². The van der Waals surface area contributed by atoms with Crippen LogP contribution in [0, 0.1) is 5.41 Å². The Morgan fingerprint density at radius 2 is 2.08 bits per heavy atom. The van der Waals surface area contributed by atoms with Gasteiger partial charge in [0.05, 0.1) is 6.61 Å². The fourth-order valence-corrected chi connectivity index (χ4v) is 0.848. The van der Waals surface area contributed by atoms with Gasteiger partial charge in [-0.3, -0.25) is 0 Å². The van der Waals surface area contributed by atoms with Gasteiger partial charge < -0.3 is 15.4 Å². The third-order valence-electron chi connectivity index (χ3n) is 1.65. The lowest BCUT2D eigenvalue weighted by Gasteiger charge is -2.23. The number of carbonyl (C=O) groups is 1. The van der Waals surface area contributed by atoms with Crippen LogP contribution in [0.1, 0.15) is 20.8 Å². The zero-order chi connectivity index (χ0) is 10.3. The van der Waals surface area contributed by atoms with Crippen molar-refractivity contribution in [3.8, 4) is 0 Å². The van der Waals surface area contributed by atoms with E-state index in [0.29, 0.717) is 6.61 Å². The van der Waals surface area contributed by atoms with Crippen molar-refractivity contribution in [1.82, 2.24) is 10.6 Å². The lowest BCUT2D eigenvalue weighted by molar-refractivity contribution is 0.1000. The lowest BCUT2D eigenvalue weighted by Crippen LogP contribution is -2.35. The fourth-order valence-electron chi connectivity index (χ4n) is 0.848. The Bertz CT molecular complexity index is 158. The van der Waals surface area contributed by atoms with E-state index in [2.05, 4.69) is 31.4 Å². The summed E-state index contributed by atoms with van der Waals surface area (Å²) >= 11 is 0. The molecule has 0 aromatic carbocycles. The van der Waals surface area contributed by atoms with Crippen LogP contribution in [0.4, 0.5) is 4.79 Å². The van der Waals surface area contributed by atoms with Crippen LogP contribution in [-0.4, -0.2) is 32.8 Å². The van der Waals surface area contributed by atoms with Crippen LogP contribution in [0.15, 0.2) is 0 Å². The van der Waals surface area contributed by atoms with Crippen molar-refractivity contribution in [2.24, 2.45) is 5.41 Å². The minimum atomic E-state index is -0.371. The van der Waals surface area contributed by atoms with Crippen LogP contribution in [0.5, 0.6) is 0 Å². The lowest BCUT2D eigenvalue weighted by atomic mass is 9.95. The molecule has 0 aliphatic heterocycles. The maximum Gasteiger partial charge on any atom is 0.406 e. The van der Waals surface area contributed by atoms with Crippen LogP contribution in [0.3, 0.4) is 0 Å². The molecule has 0 saturated carbocycles. The second kappa shape index (κ2) is 5.80. The zero-order valence-corrected chi connectivity index (χ0v) is 8.94. The molecule has 0 saturated heterocycles. The number of amides is 1. The summed E-state index contributed by atoms with van der Waals surface area (Å²) < 4.78 is 4.96. The maximum atomic E-state index is 10.8. The van der Waals surface area contributed by atoms with Crippen molar-refractivity contribution in [3.63, 3.8) is 0 Å². The summed E-state index contributed by atoms with van der Waals surface area (Å²) in [5, 5.41) is 5.63. The summed E-state index contributed by atoms with van der Waals surface area (Å²) in [6, 6.07) is 0. The molecule has 0 aliphatic rings. The predicted octanol–water partition coefficient (Wildman–Crippen LogP) is 0.978. The van der Waals surface area contributed by atoms with Gasteiger partial charge in [-0.05, 0) is 6.54 Å². The first kappa shape index (κ1) is 12.2. The Balaban J connectivity index is 3.67. The zero-order valence-electron chi connectivity index (χ0n) is 8.94. The molecule has 0 atom stereocenters. The summed E-state index contributed by atoms with van der Waals surface area (Å²) in [5.74, 6) is 0. The van der Waals surface area contributed by atoms with Crippen molar-refractivity contribution in [1.29, 1.82) is 0 Å². The molecule has 0 rings (SSSR count). The first-order chi connectivity index (χ1) is 6.02. The highest BCUT2D eigenvalue weighted by atomic mass is 16.5. The van der Waals surface area contributed by atoms with Gasteiger partial charge in [0.1, 0.15) is 0 Å². The van der Waals surface area contributed by atoms with E-state index in [1.807, 2.05) is 0 Å². The normalized spacial score (nSPS) is 11.1. The minimum Gasteiger partial charge on any atom is -0.449 e. The second-order valence-electron chi connectivity index (χ2n) is 3.77. The smallest absolute Gasteiger partial charge is 0.406 e. The standard InChI is InChI=1S/C9H20N2O2/c1-5-11-6-9(2,3)7-13-8(12)10-4/h11H,5-7H2,1-4H3,(H,10,12). The molecule has 13 heavy (non-hydrogen) atoms. The van der Waals surface area contributed by atoms with E-state index in [4.69, 9.17) is 4.74 Å². The summed E-state index contributed by atoms with van der Waals surface area (Å²) in [5.41, 5.74) is -0.0114. The Morgan fingerprint density at radius 3 is 2.54 bits per heavy atom. The van der Waals surface area contributed by atoms with Crippen molar-refractivity contribution in [3.05, 3.63) is 0 Å². The molecule has 78 valence electrons. The van der Waals surface area contributed by atoms with E-state index >= 15 is 0 Å². The molecule has 0 bridgehead atoms. The van der Waals surface area contributed by atoms with E-state index in [9.17, 15) is 4.79 Å². The number of rotatable bonds is 5. The maximum absolute atomic E-state index is 10.8. The molecule has 0 aromatic rings. The molecule has 2 N–H and O–H groups in total. The second-order valence-corrected chi connectivity index (χ2v) is 3.77. The SMILES string of the molecule is CCNCC(C)(C)COC(=O)NC. The molecule has 0 heterocycles. The molecule has 0 radical (unpaired) electrons. The molecule has 0 fully saturated rings. The average molecular weight is 188 g/mol. The third kappa shape index (κ3) is 6.40. The summed E-state index contributed by atoms with van der Waals surface area (Å²) in [4.78, 5) is 10.8. The minimum absolute atomic E-state index is 0.0114. The van der Waals surface area contributed by atoms with Crippen LogP contribution in [0.25, 0.3) is 0 Å². The largest absolute Gasteiger partial charge is 0.449 e. The Morgan fingerprint density at radius 1 is 1.46 bits per heavy atom. The first-order valence-electron chi connectivity index (χ1n) is 4.57. The van der Waals surface area contributed by atoms with Gasteiger partial charge in [-0.2, -0.15) is 0 Å². The van der Waals surface area contributed by atoms with Gasteiger partial charge in [0.2, 0.25) is 0 Å². The molecule has 4 nitrogen and oxygen atoms in total. The number of carbonyl (C=O) groups excluding carboxylic acids is 1. The van der Waals surface area contributed by atoms with Gasteiger partial charge in [-0.1, -0.05) is 20.8 Å². The van der Waals surface area contributed by atoms with Gasteiger partial charge in [-0.15, -0.1) is 0 Å². The van der Waals surface area contributed by atoms with Crippen molar-refractivity contribution in [2.45, 2.75) is 20.8 Å². The summed E-state index contributed by atoms with van der Waals surface area (Å²) in [6.45, 7) is 8.37. The quantitative estimate of drug-likeness (QED) is 0.676. The van der Waals surface area contributed by atoms with Gasteiger partial charge in [-0.25, -0.2) is 4.79 Å². The molecule has 0 spiro atoms. The molecule has 0 aromatic heterocycles. The summed E-state index contributed by atoms with van der Waals surface area (Å²) in [7, 11) is 1.56. The van der Waals surface area contributed by atoms with Crippen molar-refractivity contribution < 1.29 is 9.53 Å². The Hall–Kier alpha value is -0.770. The summed E-state index contributed by atoms with van der Waals surface area (Å²) in [6.07, 6.45) is -0.371. The number of alkyl carbamates (subject to hydrolysis) is 1. The van der Waals surface area contributed by atoms with Crippen LogP contribution >= 0.6 is 0 Å². The molecule has 0 unspecified atom stereocenters. The topological polar surface area (TPSA) is 50.4 Å². The van der Waals surface area contributed by atoms with Crippen LogP contribution in [-0.2, 0) is 4.74 Å². The average Bonchev–Trinajstić information content (AvgIpc) is 2.11. The monoisotopic (exact) mass is 188 g/mol. The van der Waals surface area contributed by atoms with E-state index in [-0.39, 0.29) is 11.5 Å². The number of ether oxygens (including phenoxy) is 1. The van der Waals surface area contributed by atoms with Crippen molar-refractivity contribution >= 4 is 6.09 Å². The Kier molecular flexibility index (Phi) is 5.46.